The Morgan fingerprint density at radius 2 is 2.00 bits per heavy atom. The Hall–Kier alpha value is -1.20. The first-order chi connectivity index (χ1) is 10.1. The van der Waals surface area contributed by atoms with Crippen molar-refractivity contribution < 1.29 is 18.3 Å². The summed E-state index contributed by atoms with van der Waals surface area (Å²) in [4.78, 5) is 0. The molecule has 1 aliphatic rings. The molecule has 0 aromatic heterocycles. The van der Waals surface area contributed by atoms with Crippen molar-refractivity contribution in [3.05, 3.63) is 29.8 Å². The molecule has 1 aliphatic carbocycles. The van der Waals surface area contributed by atoms with Gasteiger partial charge in [-0.25, -0.2) is 8.78 Å². The van der Waals surface area contributed by atoms with Crippen LogP contribution in [0.3, 0.4) is 0 Å². The van der Waals surface area contributed by atoms with E-state index in [4.69, 9.17) is 9.47 Å². The number of rotatable bonds is 7. The van der Waals surface area contributed by atoms with Gasteiger partial charge in [0, 0.05) is 32.5 Å². The average Bonchev–Trinajstić information content (AvgIpc) is 2.47. The van der Waals surface area contributed by atoms with E-state index in [1.165, 1.54) is 0 Å². The van der Waals surface area contributed by atoms with E-state index in [-0.39, 0.29) is 18.9 Å². The lowest BCUT2D eigenvalue weighted by atomic mass is 9.92. The van der Waals surface area contributed by atoms with E-state index in [2.05, 4.69) is 5.32 Å². The normalized spacial score (nSPS) is 18.6. The van der Waals surface area contributed by atoms with Crippen LogP contribution in [0.25, 0.3) is 0 Å². The fourth-order valence-electron chi connectivity index (χ4n) is 2.49. The first kappa shape index (κ1) is 16.2. The highest BCUT2D eigenvalue weighted by Crippen LogP contribution is 2.33. The molecule has 1 aromatic rings. The second-order valence-electron chi connectivity index (χ2n) is 5.50. The molecule has 5 heteroatoms. The Bertz CT molecular complexity index is 430. The monoisotopic (exact) mass is 299 g/mol. The van der Waals surface area contributed by atoms with Crippen molar-refractivity contribution in [3.8, 4) is 5.75 Å². The van der Waals surface area contributed by atoms with Gasteiger partial charge < -0.3 is 14.8 Å². The summed E-state index contributed by atoms with van der Waals surface area (Å²) in [5, 5.41) is 3.36. The molecule has 2 rings (SSSR count). The number of ether oxygens (including phenoxy) is 2. The van der Waals surface area contributed by atoms with Gasteiger partial charge >= 0.3 is 0 Å². The first-order valence-electron chi connectivity index (χ1n) is 7.41. The summed E-state index contributed by atoms with van der Waals surface area (Å²) >= 11 is 0. The summed E-state index contributed by atoms with van der Waals surface area (Å²) in [6.45, 7) is 1.75. The lowest BCUT2D eigenvalue weighted by Gasteiger charge is -2.29. The summed E-state index contributed by atoms with van der Waals surface area (Å²) < 4.78 is 36.7. The second-order valence-corrected chi connectivity index (χ2v) is 5.50. The van der Waals surface area contributed by atoms with Crippen LogP contribution in [0, 0.1) is 0 Å². The fraction of sp³-hybridized carbons (Fsp3) is 0.625. The molecule has 0 bridgehead atoms. The molecule has 0 radical (unpaired) electrons. The predicted molar refractivity (Wildman–Crippen MR) is 77.9 cm³/mol. The van der Waals surface area contributed by atoms with Gasteiger partial charge in [-0.05, 0) is 30.5 Å². The van der Waals surface area contributed by atoms with Crippen molar-refractivity contribution in [2.75, 3.05) is 20.3 Å². The van der Waals surface area contributed by atoms with E-state index in [0.717, 1.165) is 11.3 Å². The van der Waals surface area contributed by atoms with Crippen molar-refractivity contribution in [2.24, 2.45) is 0 Å². The van der Waals surface area contributed by atoms with Crippen LogP contribution in [0.2, 0.25) is 0 Å². The fourth-order valence-corrected chi connectivity index (χ4v) is 2.49. The Morgan fingerprint density at radius 1 is 1.24 bits per heavy atom. The Balaban J connectivity index is 1.76. The molecule has 1 N–H and O–H groups in total. The van der Waals surface area contributed by atoms with E-state index < -0.39 is 5.92 Å². The van der Waals surface area contributed by atoms with Gasteiger partial charge in [-0.3, -0.25) is 0 Å². The minimum atomic E-state index is -2.46. The van der Waals surface area contributed by atoms with Crippen molar-refractivity contribution in [3.63, 3.8) is 0 Å². The zero-order chi connectivity index (χ0) is 15.1. The van der Waals surface area contributed by atoms with E-state index in [1.807, 2.05) is 24.3 Å². The second kappa shape index (κ2) is 7.71. The molecule has 3 nitrogen and oxygen atoms in total. The highest BCUT2D eigenvalue weighted by molar-refractivity contribution is 5.28. The van der Waals surface area contributed by atoms with Gasteiger partial charge in [0.2, 0.25) is 5.92 Å². The molecule has 1 saturated carbocycles. The first-order valence-corrected chi connectivity index (χ1v) is 7.41. The molecule has 21 heavy (non-hydrogen) atoms. The highest BCUT2D eigenvalue weighted by atomic mass is 19.3. The number of hydrogen-bond acceptors (Lipinski definition) is 3. The van der Waals surface area contributed by atoms with Gasteiger partial charge in [0.25, 0.3) is 0 Å². The summed E-state index contributed by atoms with van der Waals surface area (Å²) in [5.41, 5.74) is 1.10. The maximum atomic E-state index is 13.1. The molecule has 0 atom stereocenters. The van der Waals surface area contributed by atoms with Crippen LogP contribution < -0.4 is 10.1 Å². The average molecular weight is 299 g/mol. The smallest absolute Gasteiger partial charge is 0.248 e. The summed E-state index contributed by atoms with van der Waals surface area (Å²) in [7, 11) is 1.64. The molecule has 0 spiro atoms. The molecule has 118 valence electrons. The number of alkyl halides is 2. The van der Waals surface area contributed by atoms with Gasteiger partial charge in [0.05, 0.1) is 6.61 Å². The van der Waals surface area contributed by atoms with Crippen LogP contribution in [-0.2, 0) is 11.3 Å². The van der Waals surface area contributed by atoms with E-state index >= 15 is 0 Å². The molecule has 0 heterocycles. The molecule has 0 saturated heterocycles. The molecule has 1 fully saturated rings. The van der Waals surface area contributed by atoms with E-state index in [9.17, 15) is 8.78 Å². The molecule has 0 aliphatic heterocycles. The summed E-state index contributed by atoms with van der Waals surface area (Å²) in [6, 6.07) is 8.00. The molecule has 0 unspecified atom stereocenters. The quantitative estimate of drug-likeness (QED) is 0.783. The molecular formula is C16H23F2NO2. The number of benzene rings is 1. The predicted octanol–water partition coefficient (Wildman–Crippen LogP) is 3.38. The van der Waals surface area contributed by atoms with Gasteiger partial charge in [-0.1, -0.05) is 12.1 Å². The highest BCUT2D eigenvalue weighted by Gasteiger charge is 2.34. The number of halogens is 2. The minimum Gasteiger partial charge on any atom is -0.491 e. The van der Waals surface area contributed by atoms with Crippen molar-refractivity contribution >= 4 is 0 Å². The minimum absolute atomic E-state index is 0.00909. The molecule has 0 amide bonds. The largest absolute Gasteiger partial charge is 0.491 e. The topological polar surface area (TPSA) is 30.5 Å². The SMILES string of the molecule is COCCOc1cccc(CNC2CCC(F)(F)CC2)c1. The molecular weight excluding hydrogens is 276 g/mol. The van der Waals surface area contributed by atoms with Crippen LogP contribution >= 0.6 is 0 Å². The Kier molecular flexibility index (Phi) is 5.94. The van der Waals surface area contributed by atoms with Crippen LogP contribution in [0.15, 0.2) is 24.3 Å². The summed E-state index contributed by atoms with van der Waals surface area (Å²) in [6.07, 6.45) is 1.06. The zero-order valence-electron chi connectivity index (χ0n) is 12.4. The number of hydrogen-bond donors (Lipinski definition) is 1. The summed E-state index contributed by atoms with van der Waals surface area (Å²) in [5.74, 6) is -1.66. The van der Waals surface area contributed by atoms with Gasteiger partial charge in [0.1, 0.15) is 12.4 Å². The van der Waals surface area contributed by atoms with Crippen LogP contribution in [0.1, 0.15) is 31.2 Å². The van der Waals surface area contributed by atoms with Gasteiger partial charge in [-0.15, -0.1) is 0 Å². The van der Waals surface area contributed by atoms with E-state index in [0.29, 0.717) is 32.6 Å². The van der Waals surface area contributed by atoms with Crippen LogP contribution in [0.4, 0.5) is 8.78 Å². The van der Waals surface area contributed by atoms with Gasteiger partial charge in [-0.2, -0.15) is 0 Å². The van der Waals surface area contributed by atoms with Crippen molar-refractivity contribution in [1.29, 1.82) is 0 Å². The van der Waals surface area contributed by atoms with E-state index in [1.54, 1.807) is 7.11 Å². The Morgan fingerprint density at radius 3 is 2.71 bits per heavy atom. The third-order valence-corrected chi connectivity index (χ3v) is 3.77. The maximum absolute atomic E-state index is 13.1. The van der Waals surface area contributed by atoms with Crippen LogP contribution in [0.5, 0.6) is 5.75 Å². The number of methoxy groups -OCH3 is 1. The van der Waals surface area contributed by atoms with Crippen molar-refractivity contribution in [1.82, 2.24) is 5.32 Å². The zero-order valence-corrected chi connectivity index (χ0v) is 12.4. The lowest BCUT2D eigenvalue weighted by molar-refractivity contribution is -0.0405. The van der Waals surface area contributed by atoms with Gasteiger partial charge in [0.15, 0.2) is 0 Å². The number of nitrogens with one attached hydrogen (secondary N) is 1. The lowest BCUT2D eigenvalue weighted by Crippen LogP contribution is -2.36. The Labute approximate surface area is 124 Å². The molecule has 1 aromatic carbocycles. The maximum Gasteiger partial charge on any atom is 0.248 e. The van der Waals surface area contributed by atoms with Crippen molar-refractivity contribution in [2.45, 2.75) is 44.2 Å². The standard InChI is InChI=1S/C16H23F2NO2/c1-20-9-10-21-15-4-2-3-13(11-15)12-19-14-5-7-16(17,18)8-6-14/h2-4,11,14,19H,5-10,12H2,1H3. The third kappa shape index (κ3) is 5.59. The van der Waals surface area contributed by atoms with Crippen LogP contribution in [-0.4, -0.2) is 32.3 Å². The third-order valence-electron chi connectivity index (χ3n) is 3.77.